The van der Waals surface area contributed by atoms with Crippen molar-refractivity contribution in [3.05, 3.63) is 24.5 Å². The third-order valence-corrected chi connectivity index (χ3v) is 2.76. The van der Waals surface area contributed by atoms with Crippen molar-refractivity contribution in [1.82, 2.24) is 15.0 Å². The van der Waals surface area contributed by atoms with Gasteiger partial charge in [-0.1, -0.05) is 6.92 Å². The molecule has 2 aromatic rings. The van der Waals surface area contributed by atoms with E-state index in [4.69, 9.17) is 4.74 Å². The van der Waals surface area contributed by atoms with Crippen LogP contribution in [-0.2, 0) is 9.53 Å². The second-order valence-electron chi connectivity index (χ2n) is 4.30. The molecule has 0 saturated heterocycles. The first-order valence-corrected chi connectivity index (χ1v) is 6.73. The normalized spacial score (nSPS) is 10.5. The molecule has 0 radical (unpaired) electrons. The number of nitrogens with zero attached hydrogens (tertiary/aromatic N) is 4. The Morgan fingerprint density at radius 1 is 1.25 bits per heavy atom. The molecule has 2 aromatic heterocycles. The first kappa shape index (κ1) is 14.2. The number of aromatic nitrogens is 3. The van der Waals surface area contributed by atoms with E-state index in [9.17, 15) is 4.79 Å². The Hall–Kier alpha value is -2.24. The van der Waals surface area contributed by atoms with Gasteiger partial charge in [0, 0.05) is 18.9 Å². The van der Waals surface area contributed by atoms with Crippen molar-refractivity contribution in [2.24, 2.45) is 0 Å². The third kappa shape index (κ3) is 3.40. The summed E-state index contributed by atoms with van der Waals surface area (Å²) in [4.78, 5) is 26.4. The van der Waals surface area contributed by atoms with Gasteiger partial charge in [-0.2, -0.15) is 0 Å². The van der Waals surface area contributed by atoms with Crippen LogP contribution in [0.15, 0.2) is 24.5 Å². The topological polar surface area (TPSA) is 68.2 Å². The summed E-state index contributed by atoms with van der Waals surface area (Å²) < 4.78 is 4.99. The molecule has 0 bridgehead atoms. The van der Waals surface area contributed by atoms with Gasteiger partial charge in [-0.25, -0.2) is 9.97 Å². The number of ether oxygens (including phenoxy) is 1. The Labute approximate surface area is 117 Å². The highest BCUT2D eigenvalue weighted by Crippen LogP contribution is 2.15. The first-order valence-electron chi connectivity index (χ1n) is 6.73. The Morgan fingerprint density at radius 3 is 2.80 bits per heavy atom. The average Bonchev–Trinajstić information content (AvgIpc) is 2.46. The minimum absolute atomic E-state index is 0.195. The summed E-state index contributed by atoms with van der Waals surface area (Å²) in [6, 6.07) is 3.71. The predicted molar refractivity (Wildman–Crippen MR) is 76.5 cm³/mol. The van der Waals surface area contributed by atoms with E-state index < -0.39 is 0 Å². The molecule has 0 atom stereocenters. The molecule has 0 aliphatic heterocycles. The van der Waals surface area contributed by atoms with Crippen LogP contribution in [0.2, 0.25) is 0 Å². The highest BCUT2D eigenvalue weighted by atomic mass is 16.5. The lowest BCUT2D eigenvalue weighted by Crippen LogP contribution is -2.32. The summed E-state index contributed by atoms with van der Waals surface area (Å²) in [5.74, 6) is 0.467. The van der Waals surface area contributed by atoms with Crippen LogP contribution in [0, 0.1) is 0 Å². The number of hydrogen-bond donors (Lipinski definition) is 0. The van der Waals surface area contributed by atoms with Gasteiger partial charge in [-0.3, -0.25) is 9.78 Å². The number of hydrogen-bond acceptors (Lipinski definition) is 6. The minimum Gasteiger partial charge on any atom is -0.465 e. The zero-order valence-electron chi connectivity index (χ0n) is 11.7. The fourth-order valence-electron chi connectivity index (χ4n) is 1.93. The fraction of sp³-hybridized carbons (Fsp3) is 0.429. The molecule has 0 amide bonds. The molecular formula is C14H18N4O2. The van der Waals surface area contributed by atoms with Gasteiger partial charge >= 0.3 is 5.97 Å². The lowest BCUT2D eigenvalue weighted by atomic mass is 10.3. The maximum atomic E-state index is 11.6. The van der Waals surface area contributed by atoms with Gasteiger partial charge in [0.05, 0.1) is 6.61 Å². The predicted octanol–water partition coefficient (Wildman–Crippen LogP) is 1.80. The molecule has 0 fully saturated rings. The molecule has 6 heteroatoms. The Bertz CT molecular complexity index is 588. The van der Waals surface area contributed by atoms with Crippen LogP contribution in [0.4, 0.5) is 5.82 Å². The van der Waals surface area contributed by atoms with Gasteiger partial charge in [0.2, 0.25) is 0 Å². The van der Waals surface area contributed by atoms with E-state index in [2.05, 4.69) is 21.9 Å². The van der Waals surface area contributed by atoms with E-state index in [1.807, 2.05) is 17.0 Å². The summed E-state index contributed by atoms with van der Waals surface area (Å²) in [5.41, 5.74) is 1.32. The number of fused-ring (bicyclic) bond motifs is 1. The highest BCUT2D eigenvalue weighted by molar-refractivity contribution is 5.77. The van der Waals surface area contributed by atoms with E-state index in [0.29, 0.717) is 18.1 Å². The number of carbonyl (C=O) groups is 1. The molecule has 0 N–H and O–H groups in total. The molecule has 0 aliphatic rings. The quantitative estimate of drug-likeness (QED) is 0.748. The minimum atomic E-state index is -0.248. The van der Waals surface area contributed by atoms with Crippen LogP contribution in [-0.4, -0.2) is 40.6 Å². The van der Waals surface area contributed by atoms with Crippen LogP contribution in [0.1, 0.15) is 20.3 Å². The monoisotopic (exact) mass is 274 g/mol. The number of esters is 1. The van der Waals surface area contributed by atoms with E-state index in [0.717, 1.165) is 18.5 Å². The zero-order chi connectivity index (χ0) is 14.4. The summed E-state index contributed by atoms with van der Waals surface area (Å²) in [7, 11) is 0. The van der Waals surface area contributed by atoms with Gasteiger partial charge in [0.1, 0.15) is 17.9 Å². The molecule has 6 nitrogen and oxygen atoms in total. The SMILES string of the molecule is CCCN(CC(=O)OCC)c1ccc2nccnc2n1. The molecule has 0 unspecified atom stereocenters. The highest BCUT2D eigenvalue weighted by Gasteiger charge is 2.13. The smallest absolute Gasteiger partial charge is 0.325 e. The van der Waals surface area contributed by atoms with Crippen molar-refractivity contribution in [3.63, 3.8) is 0 Å². The molecule has 106 valence electrons. The Balaban J connectivity index is 2.23. The van der Waals surface area contributed by atoms with Crippen LogP contribution in [0.3, 0.4) is 0 Å². The molecule has 0 aliphatic carbocycles. The van der Waals surface area contributed by atoms with Crippen molar-refractivity contribution in [2.75, 3.05) is 24.6 Å². The van der Waals surface area contributed by atoms with Gasteiger partial charge in [0.25, 0.3) is 0 Å². The van der Waals surface area contributed by atoms with Crippen molar-refractivity contribution < 1.29 is 9.53 Å². The number of rotatable bonds is 6. The summed E-state index contributed by atoms with van der Waals surface area (Å²) >= 11 is 0. The molecule has 20 heavy (non-hydrogen) atoms. The van der Waals surface area contributed by atoms with E-state index in [1.165, 1.54) is 0 Å². The molecule has 0 saturated carbocycles. The van der Waals surface area contributed by atoms with E-state index in [1.54, 1.807) is 19.3 Å². The van der Waals surface area contributed by atoms with Gasteiger partial charge in [0.15, 0.2) is 5.65 Å². The second kappa shape index (κ2) is 6.79. The van der Waals surface area contributed by atoms with Crippen LogP contribution in [0.5, 0.6) is 0 Å². The molecule has 0 spiro atoms. The Morgan fingerprint density at radius 2 is 2.05 bits per heavy atom. The van der Waals surface area contributed by atoms with Gasteiger partial charge in [-0.15, -0.1) is 0 Å². The summed E-state index contributed by atoms with van der Waals surface area (Å²) in [5, 5.41) is 0. The summed E-state index contributed by atoms with van der Waals surface area (Å²) in [6.07, 6.45) is 4.15. The number of anilines is 1. The van der Waals surface area contributed by atoms with Crippen molar-refractivity contribution >= 4 is 23.0 Å². The van der Waals surface area contributed by atoms with Gasteiger partial charge < -0.3 is 9.64 Å². The second-order valence-corrected chi connectivity index (χ2v) is 4.30. The zero-order valence-corrected chi connectivity index (χ0v) is 11.7. The maximum Gasteiger partial charge on any atom is 0.325 e. The van der Waals surface area contributed by atoms with Crippen molar-refractivity contribution in [1.29, 1.82) is 0 Å². The van der Waals surface area contributed by atoms with Gasteiger partial charge in [-0.05, 0) is 25.5 Å². The van der Waals surface area contributed by atoms with Crippen molar-refractivity contribution in [2.45, 2.75) is 20.3 Å². The van der Waals surface area contributed by atoms with Crippen LogP contribution < -0.4 is 4.90 Å². The largest absolute Gasteiger partial charge is 0.465 e. The standard InChI is InChI=1S/C14H18N4O2/c1-3-9-18(10-13(19)20-4-2)12-6-5-11-14(17-12)16-8-7-15-11/h5-8H,3-4,9-10H2,1-2H3. The van der Waals surface area contributed by atoms with E-state index >= 15 is 0 Å². The number of carbonyl (C=O) groups excluding carboxylic acids is 1. The summed E-state index contributed by atoms with van der Waals surface area (Å²) in [6.45, 7) is 5.17. The van der Waals surface area contributed by atoms with Crippen molar-refractivity contribution in [3.8, 4) is 0 Å². The average molecular weight is 274 g/mol. The Kier molecular flexibility index (Phi) is 4.81. The first-order chi connectivity index (χ1) is 9.74. The maximum absolute atomic E-state index is 11.6. The molecule has 2 heterocycles. The van der Waals surface area contributed by atoms with Crippen LogP contribution in [0.25, 0.3) is 11.2 Å². The molecular weight excluding hydrogens is 256 g/mol. The fourth-order valence-corrected chi connectivity index (χ4v) is 1.93. The lowest BCUT2D eigenvalue weighted by Gasteiger charge is -2.22. The lowest BCUT2D eigenvalue weighted by molar-refractivity contribution is -0.141. The van der Waals surface area contributed by atoms with E-state index in [-0.39, 0.29) is 12.5 Å². The number of pyridine rings is 1. The molecule has 0 aromatic carbocycles. The third-order valence-electron chi connectivity index (χ3n) is 2.76. The van der Waals surface area contributed by atoms with Crippen LogP contribution >= 0.6 is 0 Å². The molecule has 2 rings (SSSR count).